The van der Waals surface area contributed by atoms with E-state index in [0.717, 1.165) is 6.07 Å². The van der Waals surface area contributed by atoms with Crippen LogP contribution in [0, 0.1) is 17.1 Å². The number of nitriles is 1. The number of halogens is 1. The van der Waals surface area contributed by atoms with Gasteiger partial charge in [-0.05, 0) is 44.5 Å². The summed E-state index contributed by atoms with van der Waals surface area (Å²) in [5.41, 5.74) is 0.0943. The molecule has 0 unspecified atom stereocenters. The normalized spacial score (nSPS) is 11.1. The number of benzene rings is 1. The summed E-state index contributed by atoms with van der Waals surface area (Å²) in [6, 6.07) is 5.79. The van der Waals surface area contributed by atoms with Crippen molar-refractivity contribution in [2.45, 2.75) is 32.9 Å². The van der Waals surface area contributed by atoms with Gasteiger partial charge in [-0.1, -0.05) is 0 Å². The quantitative estimate of drug-likeness (QED) is 0.594. The van der Waals surface area contributed by atoms with E-state index in [0.29, 0.717) is 11.8 Å². The highest BCUT2D eigenvalue weighted by molar-refractivity contribution is 5.72. The lowest BCUT2D eigenvalue weighted by Gasteiger charge is -2.23. The zero-order valence-electron chi connectivity index (χ0n) is 12.9. The van der Waals surface area contributed by atoms with Crippen molar-refractivity contribution in [3.05, 3.63) is 35.1 Å². The van der Waals surface area contributed by atoms with E-state index < -0.39 is 17.4 Å². The van der Waals surface area contributed by atoms with Crippen LogP contribution in [-0.4, -0.2) is 35.8 Å². The van der Waals surface area contributed by atoms with Gasteiger partial charge in [-0.3, -0.25) is 9.69 Å². The maximum absolute atomic E-state index is 13.4. The second-order valence-electron chi connectivity index (χ2n) is 5.88. The Labute approximate surface area is 129 Å². The molecule has 0 N–H and O–H groups in total. The maximum Gasteiger partial charge on any atom is 0.320 e. The Morgan fingerprint density at radius 1 is 1.41 bits per heavy atom. The van der Waals surface area contributed by atoms with E-state index in [1.54, 1.807) is 20.8 Å². The number of hydrogen-bond donors (Lipinski definition) is 0. The fraction of sp³-hybridized carbons (Fsp3) is 0.438. The van der Waals surface area contributed by atoms with Crippen molar-refractivity contribution >= 4 is 12.3 Å². The molecule has 6 heteroatoms. The first-order chi connectivity index (χ1) is 10.2. The molecule has 0 saturated heterocycles. The average molecular weight is 306 g/mol. The van der Waals surface area contributed by atoms with Gasteiger partial charge >= 0.3 is 5.97 Å². The van der Waals surface area contributed by atoms with Gasteiger partial charge < -0.3 is 9.53 Å². The van der Waals surface area contributed by atoms with Crippen LogP contribution in [0.1, 0.15) is 31.9 Å². The van der Waals surface area contributed by atoms with E-state index in [1.165, 1.54) is 17.0 Å². The Bertz CT molecular complexity index is 588. The molecule has 118 valence electrons. The molecule has 0 aromatic heterocycles. The Kier molecular flexibility index (Phi) is 6.20. The second-order valence-corrected chi connectivity index (χ2v) is 5.88. The lowest BCUT2D eigenvalue weighted by molar-refractivity contribution is -0.156. The molecule has 1 rings (SSSR count). The fourth-order valence-electron chi connectivity index (χ4n) is 1.91. The molecule has 0 radical (unpaired) electrons. The Hall–Kier alpha value is -2.26. The van der Waals surface area contributed by atoms with E-state index in [9.17, 15) is 14.0 Å². The minimum atomic E-state index is -0.614. The number of rotatable bonds is 6. The first-order valence-corrected chi connectivity index (χ1v) is 6.81. The van der Waals surface area contributed by atoms with Crippen LogP contribution >= 0.6 is 0 Å². The molecular weight excluding hydrogens is 287 g/mol. The number of esters is 1. The molecule has 1 aromatic rings. The van der Waals surface area contributed by atoms with Crippen LogP contribution in [0.4, 0.5) is 4.39 Å². The zero-order chi connectivity index (χ0) is 16.8. The third-order valence-electron chi connectivity index (χ3n) is 2.60. The third kappa shape index (κ3) is 6.46. The van der Waals surface area contributed by atoms with Crippen molar-refractivity contribution in [3.8, 4) is 6.07 Å². The predicted molar refractivity (Wildman–Crippen MR) is 78.3 cm³/mol. The molecule has 0 heterocycles. The molecule has 22 heavy (non-hydrogen) atoms. The first kappa shape index (κ1) is 17.8. The summed E-state index contributed by atoms with van der Waals surface area (Å²) in [4.78, 5) is 24.1. The summed E-state index contributed by atoms with van der Waals surface area (Å²) in [7, 11) is 0. The number of nitrogens with zero attached hydrogens (tertiary/aromatic N) is 2. The molecule has 0 amide bonds. The lowest BCUT2D eigenvalue weighted by Crippen LogP contribution is -2.35. The largest absolute Gasteiger partial charge is 0.459 e. The van der Waals surface area contributed by atoms with Crippen LogP contribution in [0.15, 0.2) is 18.2 Å². The summed E-state index contributed by atoms with van der Waals surface area (Å²) < 4.78 is 18.6. The minimum Gasteiger partial charge on any atom is -0.459 e. The molecule has 0 atom stereocenters. The SMILES string of the molecule is CC(C)(C)OC(=O)CN(CC=O)Cc1cc(F)cc(C#N)c1. The molecule has 0 saturated carbocycles. The molecule has 1 aromatic carbocycles. The second kappa shape index (κ2) is 7.66. The summed E-state index contributed by atoms with van der Waals surface area (Å²) in [6.45, 7) is 5.35. The van der Waals surface area contributed by atoms with Crippen LogP contribution in [0.25, 0.3) is 0 Å². The van der Waals surface area contributed by atoms with Crippen LogP contribution in [-0.2, 0) is 20.9 Å². The molecule has 0 aliphatic rings. The fourth-order valence-corrected chi connectivity index (χ4v) is 1.91. The summed E-state index contributed by atoms with van der Waals surface area (Å²) in [5, 5.41) is 8.84. The standard InChI is InChI=1S/C16H19FN2O3/c1-16(2,3)22-15(21)11-19(4-5-20)10-13-6-12(9-18)7-14(17)8-13/h5-8H,4,10-11H2,1-3H3. The molecule has 0 spiro atoms. The Morgan fingerprint density at radius 2 is 2.09 bits per heavy atom. The highest BCUT2D eigenvalue weighted by atomic mass is 19.1. The zero-order valence-corrected chi connectivity index (χ0v) is 12.9. The average Bonchev–Trinajstić information content (AvgIpc) is 2.35. The monoisotopic (exact) mass is 306 g/mol. The third-order valence-corrected chi connectivity index (χ3v) is 2.60. The van der Waals surface area contributed by atoms with Gasteiger partial charge in [0, 0.05) is 6.54 Å². The van der Waals surface area contributed by atoms with Crippen molar-refractivity contribution in [2.75, 3.05) is 13.1 Å². The Balaban J connectivity index is 2.80. The smallest absolute Gasteiger partial charge is 0.320 e. The van der Waals surface area contributed by atoms with Crippen molar-refractivity contribution in [1.82, 2.24) is 4.90 Å². The van der Waals surface area contributed by atoms with Gasteiger partial charge in [0.05, 0.1) is 24.7 Å². The number of ether oxygens (including phenoxy) is 1. The van der Waals surface area contributed by atoms with Crippen molar-refractivity contribution in [2.24, 2.45) is 0 Å². The summed E-state index contributed by atoms with van der Waals surface area (Å²) in [6.07, 6.45) is 0.662. The highest BCUT2D eigenvalue weighted by Gasteiger charge is 2.19. The lowest BCUT2D eigenvalue weighted by atomic mass is 10.1. The van der Waals surface area contributed by atoms with Gasteiger partial charge in [0.1, 0.15) is 17.7 Å². The minimum absolute atomic E-state index is 0.0116. The van der Waals surface area contributed by atoms with Crippen LogP contribution in [0.2, 0.25) is 0 Å². The van der Waals surface area contributed by atoms with Crippen molar-refractivity contribution in [1.29, 1.82) is 5.26 Å². The number of hydrogen-bond acceptors (Lipinski definition) is 5. The molecule has 5 nitrogen and oxygen atoms in total. The van der Waals surface area contributed by atoms with Crippen LogP contribution in [0.5, 0.6) is 0 Å². The van der Waals surface area contributed by atoms with Gasteiger partial charge in [0.2, 0.25) is 0 Å². The molecule has 0 bridgehead atoms. The van der Waals surface area contributed by atoms with E-state index in [-0.39, 0.29) is 25.2 Å². The van der Waals surface area contributed by atoms with Gasteiger partial charge in [0.25, 0.3) is 0 Å². The number of carbonyl (C=O) groups is 2. The molecular formula is C16H19FN2O3. The van der Waals surface area contributed by atoms with Gasteiger partial charge in [-0.25, -0.2) is 4.39 Å². The topological polar surface area (TPSA) is 70.4 Å². The van der Waals surface area contributed by atoms with E-state index in [4.69, 9.17) is 10.00 Å². The van der Waals surface area contributed by atoms with Crippen molar-refractivity contribution in [3.63, 3.8) is 0 Å². The van der Waals surface area contributed by atoms with E-state index in [1.807, 2.05) is 6.07 Å². The van der Waals surface area contributed by atoms with Crippen LogP contribution < -0.4 is 0 Å². The van der Waals surface area contributed by atoms with Crippen molar-refractivity contribution < 1.29 is 18.7 Å². The highest BCUT2D eigenvalue weighted by Crippen LogP contribution is 2.12. The van der Waals surface area contributed by atoms with E-state index in [2.05, 4.69) is 0 Å². The maximum atomic E-state index is 13.4. The van der Waals surface area contributed by atoms with Crippen LogP contribution in [0.3, 0.4) is 0 Å². The number of aldehydes is 1. The van der Waals surface area contributed by atoms with Gasteiger partial charge in [-0.2, -0.15) is 5.26 Å². The Morgan fingerprint density at radius 3 is 2.64 bits per heavy atom. The van der Waals surface area contributed by atoms with Gasteiger partial charge in [0.15, 0.2) is 0 Å². The number of carbonyl (C=O) groups excluding carboxylic acids is 2. The molecule has 0 aliphatic heterocycles. The predicted octanol–water partition coefficient (Wildman–Crippen LogP) is 2.04. The molecule has 0 aliphatic carbocycles. The van der Waals surface area contributed by atoms with E-state index >= 15 is 0 Å². The van der Waals surface area contributed by atoms with Gasteiger partial charge in [-0.15, -0.1) is 0 Å². The molecule has 0 fully saturated rings. The summed E-state index contributed by atoms with van der Waals surface area (Å²) >= 11 is 0. The first-order valence-electron chi connectivity index (χ1n) is 6.81. The summed E-state index contributed by atoms with van der Waals surface area (Å²) in [5.74, 6) is -0.997.